The van der Waals surface area contributed by atoms with Gasteiger partial charge >= 0.3 is 0 Å². The number of aryl methyl sites for hydroxylation is 2. The molecule has 0 aromatic heterocycles. The van der Waals surface area contributed by atoms with Gasteiger partial charge in [-0.1, -0.05) is 40.2 Å². The van der Waals surface area contributed by atoms with Crippen molar-refractivity contribution >= 4 is 27.6 Å². The third-order valence-electron chi connectivity index (χ3n) is 3.16. The zero-order valence-electron chi connectivity index (χ0n) is 11.7. The van der Waals surface area contributed by atoms with Crippen LogP contribution >= 0.6 is 15.9 Å². The predicted molar refractivity (Wildman–Crippen MR) is 89.0 cm³/mol. The molecule has 2 rings (SSSR count). The van der Waals surface area contributed by atoms with Gasteiger partial charge in [0.2, 0.25) is 0 Å². The minimum absolute atomic E-state index is 0.420. The SMILES string of the molecule is Cc1ccc(NC(N)=NCc2ccccc2Br)cc1C. The normalized spacial score (nSPS) is 11.4. The molecule has 2 aromatic rings. The molecule has 20 heavy (non-hydrogen) atoms. The maximum Gasteiger partial charge on any atom is 0.193 e. The van der Waals surface area contributed by atoms with Crippen LogP contribution in [-0.4, -0.2) is 5.96 Å². The van der Waals surface area contributed by atoms with Crippen molar-refractivity contribution in [2.75, 3.05) is 5.32 Å². The molecule has 0 saturated heterocycles. The van der Waals surface area contributed by atoms with E-state index in [0.717, 1.165) is 15.7 Å². The van der Waals surface area contributed by atoms with E-state index in [0.29, 0.717) is 12.5 Å². The molecule has 0 radical (unpaired) electrons. The van der Waals surface area contributed by atoms with Gasteiger partial charge < -0.3 is 11.1 Å². The minimum Gasteiger partial charge on any atom is -0.370 e. The second-order valence-corrected chi connectivity index (χ2v) is 5.57. The lowest BCUT2D eigenvalue weighted by molar-refractivity contribution is 1.05. The molecule has 0 fully saturated rings. The van der Waals surface area contributed by atoms with Gasteiger partial charge in [0.15, 0.2) is 5.96 Å². The van der Waals surface area contributed by atoms with Crippen molar-refractivity contribution < 1.29 is 0 Å². The average molecular weight is 332 g/mol. The van der Waals surface area contributed by atoms with E-state index in [4.69, 9.17) is 5.73 Å². The van der Waals surface area contributed by atoms with E-state index in [2.05, 4.69) is 52.2 Å². The summed E-state index contributed by atoms with van der Waals surface area (Å²) in [6.07, 6.45) is 0. The Labute approximate surface area is 128 Å². The number of anilines is 1. The van der Waals surface area contributed by atoms with Gasteiger partial charge in [0.25, 0.3) is 0 Å². The summed E-state index contributed by atoms with van der Waals surface area (Å²) >= 11 is 3.50. The third kappa shape index (κ3) is 3.84. The largest absolute Gasteiger partial charge is 0.370 e. The first-order valence-corrected chi connectivity index (χ1v) is 7.23. The first kappa shape index (κ1) is 14.6. The number of nitrogens with zero attached hydrogens (tertiary/aromatic N) is 1. The number of rotatable bonds is 3. The summed E-state index contributed by atoms with van der Waals surface area (Å²) in [5.74, 6) is 0.420. The number of aliphatic imine (C=N–C) groups is 1. The summed E-state index contributed by atoms with van der Waals surface area (Å²) in [7, 11) is 0. The van der Waals surface area contributed by atoms with E-state index in [1.165, 1.54) is 11.1 Å². The summed E-state index contributed by atoms with van der Waals surface area (Å²) < 4.78 is 1.04. The quantitative estimate of drug-likeness (QED) is 0.659. The van der Waals surface area contributed by atoms with E-state index >= 15 is 0 Å². The Kier molecular flexibility index (Phi) is 4.79. The fourth-order valence-electron chi connectivity index (χ4n) is 1.80. The van der Waals surface area contributed by atoms with Gasteiger partial charge in [0.05, 0.1) is 6.54 Å². The Hall–Kier alpha value is -1.81. The van der Waals surface area contributed by atoms with Crippen molar-refractivity contribution in [3.05, 3.63) is 63.6 Å². The Morgan fingerprint density at radius 1 is 1.15 bits per heavy atom. The number of guanidine groups is 1. The van der Waals surface area contributed by atoms with Crippen LogP contribution in [0.3, 0.4) is 0 Å². The number of nitrogens with two attached hydrogens (primary N) is 1. The molecule has 0 atom stereocenters. The van der Waals surface area contributed by atoms with Gasteiger partial charge in [-0.3, -0.25) is 0 Å². The second kappa shape index (κ2) is 6.57. The van der Waals surface area contributed by atoms with Crippen LogP contribution < -0.4 is 11.1 Å². The van der Waals surface area contributed by atoms with E-state index in [9.17, 15) is 0 Å². The summed E-state index contributed by atoms with van der Waals surface area (Å²) in [5.41, 5.74) is 10.5. The fourth-order valence-corrected chi connectivity index (χ4v) is 2.21. The number of benzene rings is 2. The standard InChI is InChI=1S/C16H18BrN3/c1-11-7-8-14(9-12(11)2)20-16(18)19-10-13-5-3-4-6-15(13)17/h3-9H,10H2,1-2H3,(H3,18,19,20). The molecule has 0 aliphatic heterocycles. The minimum atomic E-state index is 0.420. The number of hydrogen-bond donors (Lipinski definition) is 2. The third-order valence-corrected chi connectivity index (χ3v) is 3.93. The van der Waals surface area contributed by atoms with Crippen LogP contribution in [-0.2, 0) is 6.54 Å². The highest BCUT2D eigenvalue weighted by Gasteiger charge is 2.00. The second-order valence-electron chi connectivity index (χ2n) is 4.72. The lowest BCUT2D eigenvalue weighted by Crippen LogP contribution is -2.22. The lowest BCUT2D eigenvalue weighted by Gasteiger charge is -2.08. The van der Waals surface area contributed by atoms with Crippen molar-refractivity contribution in [3.63, 3.8) is 0 Å². The van der Waals surface area contributed by atoms with Crippen LogP contribution in [0.4, 0.5) is 5.69 Å². The number of halogens is 1. The van der Waals surface area contributed by atoms with E-state index < -0.39 is 0 Å². The summed E-state index contributed by atoms with van der Waals surface area (Å²) in [6.45, 7) is 4.71. The van der Waals surface area contributed by atoms with E-state index in [1.54, 1.807) is 0 Å². The van der Waals surface area contributed by atoms with Crippen LogP contribution in [0.2, 0.25) is 0 Å². The van der Waals surface area contributed by atoms with Crippen LogP contribution in [0.1, 0.15) is 16.7 Å². The van der Waals surface area contributed by atoms with E-state index in [-0.39, 0.29) is 0 Å². The molecule has 0 spiro atoms. The predicted octanol–water partition coefficient (Wildman–Crippen LogP) is 3.99. The molecule has 0 saturated carbocycles. The first-order chi connectivity index (χ1) is 9.56. The Morgan fingerprint density at radius 3 is 2.60 bits per heavy atom. The van der Waals surface area contributed by atoms with Crippen molar-refractivity contribution in [1.29, 1.82) is 0 Å². The molecule has 2 aromatic carbocycles. The monoisotopic (exact) mass is 331 g/mol. The van der Waals surface area contributed by atoms with Gasteiger partial charge in [-0.25, -0.2) is 4.99 Å². The molecular weight excluding hydrogens is 314 g/mol. The van der Waals surface area contributed by atoms with Crippen molar-refractivity contribution in [1.82, 2.24) is 0 Å². The van der Waals surface area contributed by atoms with Gasteiger partial charge in [-0.2, -0.15) is 0 Å². The van der Waals surface area contributed by atoms with Crippen LogP contribution in [0.15, 0.2) is 51.9 Å². The molecule has 3 N–H and O–H groups in total. The summed E-state index contributed by atoms with van der Waals surface area (Å²) in [6, 6.07) is 14.1. The Bertz CT molecular complexity index is 635. The van der Waals surface area contributed by atoms with Gasteiger partial charge in [0.1, 0.15) is 0 Å². The molecule has 3 nitrogen and oxygen atoms in total. The molecule has 0 unspecified atom stereocenters. The first-order valence-electron chi connectivity index (χ1n) is 6.44. The van der Waals surface area contributed by atoms with Gasteiger partial charge in [-0.15, -0.1) is 0 Å². The topological polar surface area (TPSA) is 50.4 Å². The molecule has 0 aliphatic carbocycles. The van der Waals surface area contributed by atoms with Crippen molar-refractivity contribution in [2.45, 2.75) is 20.4 Å². The smallest absolute Gasteiger partial charge is 0.193 e. The molecule has 0 aliphatic rings. The Balaban J connectivity index is 2.04. The Morgan fingerprint density at radius 2 is 1.90 bits per heavy atom. The highest BCUT2D eigenvalue weighted by Crippen LogP contribution is 2.17. The number of nitrogens with one attached hydrogen (secondary N) is 1. The molecule has 0 bridgehead atoms. The number of hydrogen-bond acceptors (Lipinski definition) is 1. The molecular formula is C16H18BrN3. The van der Waals surface area contributed by atoms with Gasteiger partial charge in [-0.05, 0) is 48.7 Å². The average Bonchev–Trinajstić information content (AvgIpc) is 2.42. The zero-order valence-corrected chi connectivity index (χ0v) is 13.2. The lowest BCUT2D eigenvalue weighted by atomic mass is 10.1. The van der Waals surface area contributed by atoms with Crippen LogP contribution in [0, 0.1) is 13.8 Å². The highest BCUT2D eigenvalue weighted by atomic mass is 79.9. The fraction of sp³-hybridized carbons (Fsp3) is 0.188. The molecule has 104 valence electrons. The van der Waals surface area contributed by atoms with Crippen LogP contribution in [0.25, 0.3) is 0 Å². The maximum atomic E-state index is 5.92. The van der Waals surface area contributed by atoms with E-state index in [1.807, 2.05) is 30.3 Å². The molecule has 0 amide bonds. The van der Waals surface area contributed by atoms with Crippen molar-refractivity contribution in [2.24, 2.45) is 10.7 Å². The van der Waals surface area contributed by atoms with Crippen molar-refractivity contribution in [3.8, 4) is 0 Å². The molecule has 0 heterocycles. The van der Waals surface area contributed by atoms with Crippen LogP contribution in [0.5, 0.6) is 0 Å². The van der Waals surface area contributed by atoms with Gasteiger partial charge in [0, 0.05) is 10.2 Å². The molecule has 4 heteroatoms. The summed E-state index contributed by atoms with van der Waals surface area (Å²) in [4.78, 5) is 4.36. The zero-order chi connectivity index (χ0) is 14.5. The summed E-state index contributed by atoms with van der Waals surface area (Å²) in [5, 5.41) is 3.11. The maximum absolute atomic E-state index is 5.92. The highest BCUT2D eigenvalue weighted by molar-refractivity contribution is 9.10.